The fraction of sp³-hybridized carbons (Fsp3) is 0.528. The van der Waals surface area contributed by atoms with Gasteiger partial charge in [-0.25, -0.2) is 0 Å². The summed E-state index contributed by atoms with van der Waals surface area (Å²) in [5.74, 6) is 1.94. The Labute approximate surface area is 256 Å². The maximum absolute atomic E-state index is 9.54. The molecule has 0 amide bonds. The minimum Gasteiger partial charge on any atom is -0.395 e. The molecule has 2 aromatic rings. The summed E-state index contributed by atoms with van der Waals surface area (Å²) < 4.78 is 2.17. The number of likely N-dealkylation sites (tertiary alicyclic amines) is 1. The molecule has 0 saturated carbocycles. The number of carbonyl (C=O) groups is 1. The van der Waals surface area contributed by atoms with Crippen LogP contribution in [0.15, 0.2) is 61.2 Å². The van der Waals surface area contributed by atoms with Crippen LogP contribution < -0.4 is 0 Å². The molecule has 0 radical (unpaired) electrons. The van der Waals surface area contributed by atoms with Crippen molar-refractivity contribution in [3.05, 3.63) is 77.5 Å². The SMILES string of the molecule is C=C/C(=C(\C=C/C(C)CC)C(C)C)c1c(C)n(CCO)c2ccc(Cl)cc12.C=CC=O.CC.CCCC1CN(C)C1. The second kappa shape index (κ2) is 21.3. The van der Waals surface area contributed by atoms with E-state index in [0.29, 0.717) is 24.7 Å². The number of hydrogen-bond acceptors (Lipinski definition) is 3. The number of aliphatic hydroxyl groups is 1. The van der Waals surface area contributed by atoms with Crippen LogP contribution in [0.4, 0.5) is 0 Å². The lowest BCUT2D eigenvalue weighted by atomic mass is 9.90. The number of benzene rings is 1. The second-order valence-corrected chi connectivity index (χ2v) is 11.2. The first-order chi connectivity index (χ1) is 19.6. The van der Waals surface area contributed by atoms with Crippen molar-refractivity contribution < 1.29 is 9.90 Å². The van der Waals surface area contributed by atoms with Crippen molar-refractivity contribution in [1.29, 1.82) is 0 Å². The van der Waals surface area contributed by atoms with Gasteiger partial charge in [-0.15, -0.1) is 0 Å². The quantitative estimate of drug-likeness (QED) is 0.162. The van der Waals surface area contributed by atoms with Crippen molar-refractivity contribution in [2.75, 3.05) is 26.7 Å². The zero-order valence-corrected chi connectivity index (χ0v) is 28.1. The van der Waals surface area contributed by atoms with Crippen molar-refractivity contribution in [2.45, 2.75) is 81.2 Å². The van der Waals surface area contributed by atoms with Gasteiger partial charge in [-0.05, 0) is 73.6 Å². The average Bonchev–Trinajstić information content (AvgIpc) is 3.21. The molecule has 1 aromatic heterocycles. The molecule has 2 heterocycles. The van der Waals surface area contributed by atoms with Gasteiger partial charge < -0.3 is 14.6 Å². The molecular formula is C36H57ClN2O2. The molecule has 1 atom stereocenters. The predicted molar refractivity (Wildman–Crippen MR) is 183 cm³/mol. The van der Waals surface area contributed by atoms with Gasteiger partial charge >= 0.3 is 0 Å². The topological polar surface area (TPSA) is 45.5 Å². The molecule has 230 valence electrons. The minimum atomic E-state index is 0.102. The minimum absolute atomic E-state index is 0.102. The number of aliphatic hydroxyl groups excluding tert-OH is 1. The number of nitrogens with zero attached hydrogens (tertiary/aromatic N) is 2. The van der Waals surface area contributed by atoms with Crippen LogP contribution in [0.25, 0.3) is 16.5 Å². The molecule has 4 nitrogen and oxygen atoms in total. The van der Waals surface area contributed by atoms with Gasteiger partial charge in [0.15, 0.2) is 0 Å². The lowest BCUT2D eigenvalue weighted by Crippen LogP contribution is -2.43. The Bertz CT molecular complexity index is 1110. The van der Waals surface area contributed by atoms with Crippen molar-refractivity contribution in [3.8, 4) is 0 Å². The second-order valence-electron chi connectivity index (χ2n) is 10.7. The molecule has 0 aliphatic carbocycles. The highest BCUT2D eigenvalue weighted by molar-refractivity contribution is 6.31. The van der Waals surface area contributed by atoms with E-state index in [-0.39, 0.29) is 6.61 Å². The largest absolute Gasteiger partial charge is 0.395 e. The summed E-state index contributed by atoms with van der Waals surface area (Å²) in [6.45, 7) is 27.8. The molecular weight excluding hydrogens is 528 g/mol. The van der Waals surface area contributed by atoms with E-state index < -0.39 is 0 Å². The molecule has 1 saturated heterocycles. The first-order valence-electron chi connectivity index (χ1n) is 15.3. The molecule has 41 heavy (non-hydrogen) atoms. The van der Waals surface area contributed by atoms with Crippen LogP contribution in [0.2, 0.25) is 5.02 Å². The summed E-state index contributed by atoms with van der Waals surface area (Å²) in [6, 6.07) is 5.96. The summed E-state index contributed by atoms with van der Waals surface area (Å²) in [7, 11) is 2.19. The van der Waals surface area contributed by atoms with E-state index in [4.69, 9.17) is 16.4 Å². The summed E-state index contributed by atoms with van der Waals surface area (Å²) in [5, 5.41) is 11.4. The summed E-state index contributed by atoms with van der Waals surface area (Å²) in [5.41, 5.74) is 5.80. The normalized spacial score (nSPS) is 14.5. The number of aldehydes is 1. The Morgan fingerprint density at radius 1 is 1.17 bits per heavy atom. The highest BCUT2D eigenvalue weighted by Crippen LogP contribution is 2.37. The van der Waals surface area contributed by atoms with Crippen LogP contribution in [0.1, 0.15) is 79.0 Å². The Morgan fingerprint density at radius 3 is 2.22 bits per heavy atom. The summed E-state index contributed by atoms with van der Waals surface area (Å²) in [6.07, 6.45) is 12.3. The number of carbonyl (C=O) groups excluding carboxylic acids is 1. The summed E-state index contributed by atoms with van der Waals surface area (Å²) in [4.78, 5) is 11.4. The van der Waals surface area contributed by atoms with Crippen molar-refractivity contribution in [1.82, 2.24) is 9.47 Å². The maximum atomic E-state index is 9.54. The third-order valence-electron chi connectivity index (χ3n) is 7.20. The van der Waals surface area contributed by atoms with E-state index in [1.807, 2.05) is 38.1 Å². The molecule has 1 aliphatic rings. The van der Waals surface area contributed by atoms with Crippen molar-refractivity contribution in [3.63, 3.8) is 0 Å². The third kappa shape index (κ3) is 12.2. The van der Waals surface area contributed by atoms with Gasteiger partial charge in [0.2, 0.25) is 0 Å². The van der Waals surface area contributed by atoms with Gasteiger partial charge in [-0.1, -0.05) is 104 Å². The van der Waals surface area contributed by atoms with E-state index in [1.54, 1.807) is 0 Å². The van der Waals surface area contributed by atoms with Gasteiger partial charge in [0, 0.05) is 46.8 Å². The Balaban J connectivity index is 0.000000940. The number of halogens is 1. The molecule has 0 spiro atoms. The van der Waals surface area contributed by atoms with E-state index >= 15 is 0 Å². The van der Waals surface area contributed by atoms with Crippen LogP contribution in [-0.2, 0) is 11.3 Å². The van der Waals surface area contributed by atoms with Crippen LogP contribution in [-0.4, -0.2) is 47.6 Å². The Kier molecular flexibility index (Phi) is 20.1. The third-order valence-corrected chi connectivity index (χ3v) is 7.43. The van der Waals surface area contributed by atoms with E-state index in [0.717, 1.165) is 45.1 Å². The zero-order valence-electron chi connectivity index (χ0n) is 27.3. The van der Waals surface area contributed by atoms with Gasteiger partial charge in [-0.3, -0.25) is 4.79 Å². The molecule has 1 aromatic carbocycles. The Hall–Kier alpha value is -2.40. The lowest BCUT2D eigenvalue weighted by molar-refractivity contribution is -0.104. The molecule has 1 aliphatic heterocycles. The predicted octanol–water partition coefficient (Wildman–Crippen LogP) is 9.54. The van der Waals surface area contributed by atoms with Gasteiger partial charge in [-0.2, -0.15) is 0 Å². The zero-order chi connectivity index (χ0) is 31.5. The van der Waals surface area contributed by atoms with E-state index in [9.17, 15) is 5.11 Å². The van der Waals surface area contributed by atoms with Crippen LogP contribution >= 0.6 is 11.6 Å². The highest BCUT2D eigenvalue weighted by atomic mass is 35.5. The molecule has 1 fully saturated rings. The fourth-order valence-electron chi connectivity index (χ4n) is 4.96. The monoisotopic (exact) mass is 584 g/mol. The van der Waals surface area contributed by atoms with Crippen LogP contribution in [0, 0.1) is 24.7 Å². The molecule has 1 unspecified atom stereocenters. The smallest absolute Gasteiger partial charge is 0.142 e. The van der Waals surface area contributed by atoms with E-state index in [1.165, 1.54) is 37.6 Å². The van der Waals surface area contributed by atoms with Gasteiger partial charge in [0.25, 0.3) is 0 Å². The average molecular weight is 585 g/mol. The molecule has 5 heteroatoms. The van der Waals surface area contributed by atoms with Gasteiger partial charge in [0.05, 0.1) is 6.61 Å². The number of fused-ring (bicyclic) bond motifs is 1. The number of rotatable bonds is 11. The first-order valence-corrected chi connectivity index (χ1v) is 15.7. The molecule has 1 N–H and O–H groups in total. The number of allylic oxidation sites excluding steroid dienone is 6. The lowest BCUT2D eigenvalue weighted by Gasteiger charge is -2.35. The van der Waals surface area contributed by atoms with Crippen molar-refractivity contribution >= 4 is 34.4 Å². The van der Waals surface area contributed by atoms with Gasteiger partial charge in [0.1, 0.15) is 6.29 Å². The standard InChI is InChI=1S/C24H32ClNO.C7H15N.C3H4O.C2H6/c1-7-17(5)9-11-21(16(3)4)20(8-2)24-18(6)26(13-14-27)23-12-10-19(25)15-22(23)24;1-3-4-7-5-8(2)6-7;1-2-3-4;1-2/h8-12,15-17,27H,2,7,13-14H2,1,3-6H3;7H,3-6H2,1-2H3;2-3H,1H2;1-2H3/b11-9-,21-20-;;;. The first kappa shape index (κ1) is 38.6. The highest BCUT2D eigenvalue weighted by Gasteiger charge is 2.21. The Morgan fingerprint density at radius 2 is 1.78 bits per heavy atom. The van der Waals surface area contributed by atoms with Crippen LogP contribution in [0.5, 0.6) is 0 Å². The van der Waals surface area contributed by atoms with E-state index in [2.05, 4.69) is 83.4 Å². The fourth-order valence-corrected chi connectivity index (χ4v) is 5.14. The molecule has 0 bridgehead atoms. The van der Waals surface area contributed by atoms with Crippen LogP contribution in [0.3, 0.4) is 0 Å². The number of hydrogen-bond donors (Lipinski definition) is 1. The van der Waals surface area contributed by atoms with Crippen molar-refractivity contribution in [2.24, 2.45) is 17.8 Å². The number of aromatic nitrogens is 1. The molecule has 3 rings (SSSR count). The summed E-state index contributed by atoms with van der Waals surface area (Å²) >= 11 is 6.33. The maximum Gasteiger partial charge on any atom is 0.142 e.